The van der Waals surface area contributed by atoms with E-state index >= 15 is 0 Å². The van der Waals surface area contributed by atoms with Crippen molar-refractivity contribution >= 4 is 62.1 Å². The molecule has 0 unspecified atom stereocenters. The summed E-state index contributed by atoms with van der Waals surface area (Å²) in [7, 11) is 0. The first kappa shape index (κ1) is 32.9. The van der Waals surface area contributed by atoms with Gasteiger partial charge in [-0.1, -0.05) is 123 Å². The molecule has 0 bridgehead atoms. The van der Waals surface area contributed by atoms with Crippen molar-refractivity contribution in [1.82, 2.24) is 4.57 Å². The van der Waals surface area contributed by atoms with E-state index in [1.807, 2.05) is 0 Å². The van der Waals surface area contributed by atoms with E-state index in [0.29, 0.717) is 0 Å². The summed E-state index contributed by atoms with van der Waals surface area (Å²) >= 11 is 0. The molecule has 3 nitrogen and oxygen atoms in total. The average molecular weight is 695 g/mol. The predicted molar refractivity (Wildman–Crippen MR) is 227 cm³/mol. The number of aryl methyl sites for hydroxylation is 1. The van der Waals surface area contributed by atoms with Gasteiger partial charge in [0.25, 0.3) is 0 Å². The Hall–Kier alpha value is -4.70. The molecule has 266 valence electrons. The highest BCUT2D eigenvalue weighted by Crippen LogP contribution is 2.51. The third-order valence-corrected chi connectivity index (χ3v) is 13.2. The number of fused-ring (bicyclic) bond motifs is 11. The maximum atomic E-state index is 7.41. The molecule has 0 saturated heterocycles. The van der Waals surface area contributed by atoms with Crippen LogP contribution in [0.25, 0.3) is 49.6 Å². The Labute approximate surface area is 315 Å². The summed E-state index contributed by atoms with van der Waals surface area (Å²) in [4.78, 5) is 2.60. The van der Waals surface area contributed by atoms with Gasteiger partial charge in [0.05, 0.1) is 16.7 Å². The van der Waals surface area contributed by atoms with Gasteiger partial charge in [-0.15, -0.1) is 0 Å². The van der Waals surface area contributed by atoms with Crippen molar-refractivity contribution in [3.8, 4) is 16.8 Å². The third-order valence-electron chi connectivity index (χ3n) is 13.2. The topological polar surface area (TPSA) is 21.3 Å². The molecular formula is C49H51BN2O. The molecule has 4 heteroatoms. The summed E-state index contributed by atoms with van der Waals surface area (Å²) in [6, 6.07) is 35.1. The van der Waals surface area contributed by atoms with E-state index < -0.39 is 0 Å². The van der Waals surface area contributed by atoms with Crippen LogP contribution in [0.4, 0.5) is 11.4 Å². The zero-order chi connectivity index (χ0) is 36.6. The Morgan fingerprint density at radius 1 is 0.755 bits per heavy atom. The van der Waals surface area contributed by atoms with E-state index in [1.54, 1.807) is 0 Å². The van der Waals surface area contributed by atoms with Crippen LogP contribution in [0.2, 0.25) is 0 Å². The smallest absolute Gasteiger partial charge is 0.375 e. The number of para-hydroxylation sites is 2. The maximum absolute atomic E-state index is 7.41. The lowest BCUT2D eigenvalue weighted by Crippen LogP contribution is -2.60. The van der Waals surface area contributed by atoms with Crippen LogP contribution < -0.4 is 15.9 Å². The second kappa shape index (κ2) is 11.2. The highest BCUT2D eigenvalue weighted by molar-refractivity contribution is 6.93. The molecule has 0 atom stereocenters. The van der Waals surface area contributed by atoms with Crippen molar-refractivity contribution in [2.24, 2.45) is 0 Å². The van der Waals surface area contributed by atoms with Crippen molar-refractivity contribution < 1.29 is 4.42 Å². The van der Waals surface area contributed by atoms with Gasteiger partial charge in [-0.2, -0.15) is 0 Å². The van der Waals surface area contributed by atoms with Crippen LogP contribution >= 0.6 is 0 Å². The number of furan rings is 1. The molecule has 4 heterocycles. The fourth-order valence-corrected chi connectivity index (χ4v) is 10.2. The molecule has 2 aromatic heterocycles. The summed E-state index contributed by atoms with van der Waals surface area (Å²) in [5, 5.41) is 3.92. The minimum absolute atomic E-state index is 0.0629. The van der Waals surface area contributed by atoms with Crippen molar-refractivity contribution in [2.75, 3.05) is 4.81 Å². The number of unbranched alkanes of at least 4 members (excludes halogenated alkanes) is 2. The molecular weight excluding hydrogens is 643 g/mol. The molecule has 2 aliphatic heterocycles. The molecule has 0 spiro atoms. The van der Waals surface area contributed by atoms with Gasteiger partial charge in [-0.05, 0) is 112 Å². The van der Waals surface area contributed by atoms with E-state index in [2.05, 4.69) is 156 Å². The zero-order valence-corrected chi connectivity index (χ0v) is 32.8. The van der Waals surface area contributed by atoms with Gasteiger partial charge >= 0.3 is 6.85 Å². The van der Waals surface area contributed by atoms with Gasteiger partial charge in [0, 0.05) is 33.1 Å². The lowest BCUT2D eigenvalue weighted by molar-refractivity contribution is 0.332. The number of anilines is 2. The van der Waals surface area contributed by atoms with Gasteiger partial charge in [0.2, 0.25) is 0 Å². The Morgan fingerprint density at radius 2 is 1.45 bits per heavy atom. The fourth-order valence-electron chi connectivity index (χ4n) is 10.2. The lowest BCUT2D eigenvalue weighted by Gasteiger charge is -2.41. The molecule has 7 aromatic rings. The predicted octanol–water partition coefficient (Wildman–Crippen LogP) is 12.1. The van der Waals surface area contributed by atoms with Crippen molar-refractivity contribution in [1.29, 1.82) is 0 Å². The van der Waals surface area contributed by atoms with Crippen LogP contribution in [0.5, 0.6) is 0 Å². The second-order valence-electron chi connectivity index (χ2n) is 18.6. The lowest BCUT2D eigenvalue weighted by atomic mass is 9.46. The van der Waals surface area contributed by atoms with Crippen LogP contribution in [-0.2, 0) is 22.7 Å². The molecule has 0 N–H and O–H groups in total. The highest BCUT2D eigenvalue weighted by atomic mass is 16.3. The van der Waals surface area contributed by atoms with E-state index in [4.69, 9.17) is 4.42 Å². The SMILES string of the molecule is CCCCCc1ccc(N2B3c4oc5cc6c(cc5c4-n4c5ccccc5c5c(C(C)(C)C)cc(c3c54)-c3ccccc32)C(C)(C)CCC6(C)C)cc1. The zero-order valence-electron chi connectivity index (χ0n) is 32.8. The maximum Gasteiger partial charge on any atom is 0.375 e. The minimum Gasteiger partial charge on any atom is -0.466 e. The van der Waals surface area contributed by atoms with Crippen LogP contribution in [0.15, 0.2) is 95.4 Å². The Balaban J connectivity index is 1.35. The van der Waals surface area contributed by atoms with Gasteiger partial charge in [0.1, 0.15) is 11.2 Å². The standard InChI is InChI=1S/C49H51BN2O/c1-9-10-11-16-30-21-23-31(24-22-30)52-40-20-15-12-17-32(40)34-27-38(47(2,3)4)42-33-18-13-14-19-39(33)51-44-35-28-36-37(49(7,8)26-25-48(36,5)6)29-41(35)53-46(44)50(52)43(34)45(42)51/h12-15,17-24,27-29H,9-11,16,25-26H2,1-8H3. The monoisotopic (exact) mass is 694 g/mol. The van der Waals surface area contributed by atoms with Crippen LogP contribution in [0, 0.1) is 0 Å². The largest absolute Gasteiger partial charge is 0.466 e. The molecule has 0 saturated carbocycles. The first-order chi connectivity index (χ1) is 25.4. The number of nitrogens with zero attached hydrogens (tertiary/aromatic N) is 2. The highest BCUT2D eigenvalue weighted by Gasteiger charge is 2.48. The second-order valence-corrected chi connectivity index (χ2v) is 18.6. The van der Waals surface area contributed by atoms with E-state index in [0.717, 1.165) is 17.7 Å². The van der Waals surface area contributed by atoms with Gasteiger partial charge < -0.3 is 13.8 Å². The van der Waals surface area contributed by atoms with Crippen LogP contribution in [0.3, 0.4) is 0 Å². The molecule has 10 rings (SSSR count). The first-order valence-electron chi connectivity index (χ1n) is 20.1. The number of rotatable bonds is 5. The normalized spacial score (nSPS) is 16.7. The fraction of sp³-hybridized carbons (Fsp3) is 0.347. The summed E-state index contributed by atoms with van der Waals surface area (Å²) < 4.78 is 10.0. The number of benzene rings is 5. The Bertz CT molecular complexity index is 2630. The molecule has 0 fully saturated rings. The van der Waals surface area contributed by atoms with Crippen LogP contribution in [0.1, 0.15) is 110 Å². The van der Waals surface area contributed by atoms with Crippen LogP contribution in [-0.4, -0.2) is 11.4 Å². The van der Waals surface area contributed by atoms with Gasteiger partial charge in [-0.3, -0.25) is 0 Å². The quantitative estimate of drug-likeness (QED) is 0.132. The van der Waals surface area contributed by atoms with Gasteiger partial charge in [0.15, 0.2) is 0 Å². The molecule has 3 aliphatic rings. The van der Waals surface area contributed by atoms with Crippen molar-refractivity contribution in [3.63, 3.8) is 0 Å². The summed E-state index contributed by atoms with van der Waals surface area (Å²) in [5.41, 5.74) is 18.1. The van der Waals surface area contributed by atoms with E-state index in [9.17, 15) is 0 Å². The Morgan fingerprint density at radius 3 is 2.19 bits per heavy atom. The molecule has 1 aliphatic carbocycles. The van der Waals surface area contributed by atoms with Gasteiger partial charge in [-0.25, -0.2) is 0 Å². The van der Waals surface area contributed by atoms with Crippen molar-refractivity contribution in [3.05, 3.63) is 113 Å². The number of hydrogen-bond donors (Lipinski definition) is 0. The molecule has 0 radical (unpaired) electrons. The summed E-state index contributed by atoms with van der Waals surface area (Å²) in [6.07, 6.45) is 7.22. The van der Waals surface area contributed by atoms with E-state index in [-0.39, 0.29) is 23.1 Å². The Kier molecular flexibility index (Phi) is 6.94. The average Bonchev–Trinajstić information content (AvgIpc) is 3.68. The molecule has 5 aromatic carbocycles. The molecule has 53 heavy (non-hydrogen) atoms. The first-order valence-corrected chi connectivity index (χ1v) is 20.1. The third kappa shape index (κ3) is 4.60. The minimum atomic E-state index is -0.125. The van der Waals surface area contributed by atoms with Crippen molar-refractivity contribution in [2.45, 2.75) is 110 Å². The van der Waals surface area contributed by atoms with E-state index in [1.165, 1.54) is 115 Å². The summed E-state index contributed by atoms with van der Waals surface area (Å²) in [5.74, 6) is 0. The number of aromatic nitrogens is 1. The number of hydrogen-bond acceptors (Lipinski definition) is 2. The molecule has 0 amide bonds. The summed E-state index contributed by atoms with van der Waals surface area (Å²) in [6.45, 7) is 19.0.